The fraction of sp³-hybridized carbons (Fsp3) is 0.389. The summed E-state index contributed by atoms with van der Waals surface area (Å²) in [6, 6.07) is 5.13. The number of imidazole rings is 1. The number of aromatic nitrogens is 4. The van der Waals surface area contributed by atoms with E-state index in [2.05, 4.69) is 10.4 Å². The Balaban J connectivity index is 1.84. The van der Waals surface area contributed by atoms with Crippen LogP contribution >= 0.6 is 0 Å². The highest BCUT2D eigenvalue weighted by molar-refractivity contribution is 5.94. The van der Waals surface area contributed by atoms with Gasteiger partial charge in [0, 0.05) is 45.6 Å². The van der Waals surface area contributed by atoms with E-state index in [0.29, 0.717) is 31.1 Å². The van der Waals surface area contributed by atoms with Crippen molar-refractivity contribution < 1.29 is 9.53 Å². The predicted molar refractivity (Wildman–Crippen MR) is 103 cm³/mol. The zero-order valence-electron chi connectivity index (χ0n) is 16.0. The van der Waals surface area contributed by atoms with E-state index < -0.39 is 0 Å². The number of benzene rings is 1. The van der Waals surface area contributed by atoms with E-state index in [1.807, 2.05) is 19.2 Å². The molecule has 0 aliphatic heterocycles. The number of fused-ring (bicyclic) bond motifs is 1. The van der Waals surface area contributed by atoms with Crippen LogP contribution in [-0.2, 0) is 20.6 Å². The Hall–Kier alpha value is -3.23. The maximum atomic E-state index is 12.7. The monoisotopic (exact) mass is 372 g/mol. The van der Waals surface area contributed by atoms with E-state index >= 15 is 0 Å². The Morgan fingerprint density at radius 2 is 1.96 bits per heavy atom. The molecule has 1 aromatic carbocycles. The number of methoxy groups -OCH3 is 1. The molecule has 1 N–H and O–H groups in total. The summed E-state index contributed by atoms with van der Waals surface area (Å²) in [5.41, 5.74) is 1.85. The van der Waals surface area contributed by atoms with E-state index in [-0.39, 0.29) is 11.7 Å². The van der Waals surface area contributed by atoms with Gasteiger partial charge in [-0.05, 0) is 19.1 Å². The molecule has 2 heterocycles. The number of hydrogen-bond acceptors (Lipinski definition) is 4. The molecule has 0 saturated heterocycles. The number of nitrogens with zero attached hydrogens (tertiary/aromatic N) is 5. The van der Waals surface area contributed by atoms with Gasteiger partial charge in [-0.25, -0.2) is 9.59 Å². The van der Waals surface area contributed by atoms with Gasteiger partial charge in [0.2, 0.25) is 0 Å². The number of hydrogen-bond donors (Lipinski definition) is 1. The lowest BCUT2D eigenvalue weighted by Crippen LogP contribution is -2.37. The quantitative estimate of drug-likeness (QED) is 0.713. The lowest BCUT2D eigenvalue weighted by molar-refractivity contribution is 0.211. The summed E-state index contributed by atoms with van der Waals surface area (Å²) in [5.74, 6) is 0.500. The number of anilines is 1. The van der Waals surface area contributed by atoms with E-state index in [9.17, 15) is 9.59 Å². The molecule has 0 aliphatic carbocycles. The molecule has 2 amide bonds. The molecule has 3 aromatic rings. The second kappa shape index (κ2) is 7.56. The molecule has 2 aromatic heterocycles. The van der Waals surface area contributed by atoms with Gasteiger partial charge in [0.15, 0.2) is 0 Å². The Kier molecular flexibility index (Phi) is 5.20. The van der Waals surface area contributed by atoms with Crippen molar-refractivity contribution in [2.75, 3.05) is 25.5 Å². The number of amides is 2. The maximum absolute atomic E-state index is 12.7. The number of likely N-dealkylation sites (N-methyl/N-ethyl adjacent to an activating group) is 1. The summed E-state index contributed by atoms with van der Waals surface area (Å²) in [7, 11) is 4.94. The van der Waals surface area contributed by atoms with Gasteiger partial charge in [-0.3, -0.25) is 13.8 Å². The zero-order chi connectivity index (χ0) is 19.6. The molecular formula is C18H24N6O3. The first-order valence-electron chi connectivity index (χ1n) is 8.73. The molecule has 0 radical (unpaired) electrons. The van der Waals surface area contributed by atoms with E-state index in [1.165, 1.54) is 7.11 Å². The summed E-state index contributed by atoms with van der Waals surface area (Å²) < 4.78 is 10.3. The molecule has 144 valence electrons. The second-order valence-corrected chi connectivity index (χ2v) is 6.22. The number of urea groups is 1. The predicted octanol–water partition coefficient (Wildman–Crippen LogP) is 1.64. The van der Waals surface area contributed by atoms with Crippen molar-refractivity contribution in [3.05, 3.63) is 41.1 Å². The molecule has 0 atom stereocenters. The first-order valence-corrected chi connectivity index (χ1v) is 8.73. The molecule has 9 heteroatoms. The minimum atomic E-state index is -0.233. The third kappa shape index (κ3) is 3.53. The van der Waals surface area contributed by atoms with Gasteiger partial charge in [0.05, 0.1) is 30.4 Å². The molecule has 0 bridgehead atoms. The summed E-state index contributed by atoms with van der Waals surface area (Å²) >= 11 is 0. The van der Waals surface area contributed by atoms with Gasteiger partial charge >= 0.3 is 11.7 Å². The molecule has 0 unspecified atom stereocenters. The van der Waals surface area contributed by atoms with Crippen LogP contribution in [0.1, 0.15) is 6.92 Å². The van der Waals surface area contributed by atoms with Crippen LogP contribution < -0.4 is 15.7 Å². The maximum Gasteiger partial charge on any atom is 0.328 e. The van der Waals surface area contributed by atoms with E-state index in [4.69, 9.17) is 4.74 Å². The standard InChI is InChI=1S/C18H24N6O3/c1-5-23(9-10-24-8-6-7-19-24)17(25)20-13-11-14-15(12-16(13)27-4)22(3)18(26)21(14)2/h6-8,11-12H,5,9-10H2,1-4H3,(H,20,25). The highest BCUT2D eigenvalue weighted by Gasteiger charge is 2.17. The molecule has 27 heavy (non-hydrogen) atoms. The number of aryl methyl sites for hydroxylation is 2. The Labute approximate surface area is 156 Å². The molecule has 0 saturated carbocycles. The highest BCUT2D eigenvalue weighted by Crippen LogP contribution is 2.29. The number of nitrogens with one attached hydrogen (secondary N) is 1. The van der Waals surface area contributed by atoms with E-state index in [0.717, 1.165) is 11.0 Å². The fourth-order valence-electron chi connectivity index (χ4n) is 3.05. The van der Waals surface area contributed by atoms with Crippen molar-refractivity contribution >= 4 is 22.8 Å². The minimum Gasteiger partial charge on any atom is -0.494 e. The van der Waals surface area contributed by atoms with Crippen molar-refractivity contribution in [1.29, 1.82) is 0 Å². The van der Waals surface area contributed by atoms with Crippen molar-refractivity contribution in [3.8, 4) is 5.75 Å². The average molecular weight is 372 g/mol. The molecule has 0 spiro atoms. The first-order chi connectivity index (χ1) is 13.0. The van der Waals surface area contributed by atoms with Crippen molar-refractivity contribution in [3.63, 3.8) is 0 Å². The van der Waals surface area contributed by atoms with Gasteiger partial charge in [-0.1, -0.05) is 0 Å². The molecule has 0 aliphatic rings. The number of ether oxygens (including phenoxy) is 1. The van der Waals surface area contributed by atoms with Crippen LogP contribution in [0.3, 0.4) is 0 Å². The highest BCUT2D eigenvalue weighted by atomic mass is 16.5. The summed E-state index contributed by atoms with van der Waals surface area (Å²) in [6.45, 7) is 3.61. The first kappa shape index (κ1) is 18.6. The molecule has 9 nitrogen and oxygen atoms in total. The number of carbonyl (C=O) groups is 1. The largest absolute Gasteiger partial charge is 0.494 e. The van der Waals surface area contributed by atoms with Crippen LogP contribution in [0.2, 0.25) is 0 Å². The SMILES string of the molecule is CCN(CCn1cccn1)C(=O)Nc1cc2c(cc1OC)n(C)c(=O)n2C. The number of carbonyl (C=O) groups excluding carboxylic acids is 1. The second-order valence-electron chi connectivity index (χ2n) is 6.22. The smallest absolute Gasteiger partial charge is 0.328 e. The lowest BCUT2D eigenvalue weighted by atomic mass is 10.2. The van der Waals surface area contributed by atoms with Gasteiger partial charge in [-0.2, -0.15) is 5.10 Å². The van der Waals surface area contributed by atoms with Gasteiger partial charge in [0.25, 0.3) is 0 Å². The minimum absolute atomic E-state index is 0.134. The summed E-state index contributed by atoms with van der Waals surface area (Å²) in [5, 5.41) is 7.05. The molecule has 0 fully saturated rings. The number of rotatable bonds is 6. The van der Waals surface area contributed by atoms with Crippen LogP contribution in [0, 0.1) is 0 Å². The third-order valence-electron chi connectivity index (χ3n) is 4.66. The fourth-order valence-corrected chi connectivity index (χ4v) is 3.05. The average Bonchev–Trinajstić information content (AvgIpc) is 3.26. The van der Waals surface area contributed by atoms with Gasteiger partial charge < -0.3 is 15.0 Å². The van der Waals surface area contributed by atoms with Crippen molar-refractivity contribution in [2.24, 2.45) is 14.1 Å². The van der Waals surface area contributed by atoms with Crippen LogP contribution in [0.25, 0.3) is 11.0 Å². The summed E-state index contributed by atoms with van der Waals surface area (Å²) in [4.78, 5) is 26.6. The Bertz CT molecular complexity index is 1000. The van der Waals surface area contributed by atoms with Crippen molar-refractivity contribution in [2.45, 2.75) is 13.5 Å². The molecule has 3 rings (SSSR count). The van der Waals surface area contributed by atoms with E-state index in [1.54, 1.807) is 51.1 Å². The Morgan fingerprint density at radius 1 is 1.26 bits per heavy atom. The zero-order valence-corrected chi connectivity index (χ0v) is 16.0. The van der Waals surface area contributed by atoms with Crippen LogP contribution in [-0.4, -0.2) is 50.0 Å². The normalized spacial score (nSPS) is 11.0. The van der Waals surface area contributed by atoms with Crippen molar-refractivity contribution in [1.82, 2.24) is 23.8 Å². The third-order valence-corrected chi connectivity index (χ3v) is 4.66. The molecular weight excluding hydrogens is 348 g/mol. The lowest BCUT2D eigenvalue weighted by Gasteiger charge is -2.22. The van der Waals surface area contributed by atoms with Gasteiger partial charge in [0.1, 0.15) is 5.75 Å². The van der Waals surface area contributed by atoms with Crippen LogP contribution in [0.4, 0.5) is 10.5 Å². The van der Waals surface area contributed by atoms with Gasteiger partial charge in [-0.15, -0.1) is 0 Å². The summed E-state index contributed by atoms with van der Waals surface area (Å²) in [6.07, 6.45) is 3.57. The van der Waals surface area contributed by atoms with Crippen LogP contribution in [0.5, 0.6) is 5.75 Å². The topological polar surface area (TPSA) is 86.3 Å². The van der Waals surface area contributed by atoms with Crippen LogP contribution in [0.15, 0.2) is 35.4 Å². The Morgan fingerprint density at radius 3 is 2.56 bits per heavy atom.